The van der Waals surface area contributed by atoms with Gasteiger partial charge >= 0.3 is 161 Å². The Kier molecular flexibility index (Phi) is 7.50. The van der Waals surface area contributed by atoms with Gasteiger partial charge in [0.1, 0.15) is 0 Å². The normalized spacial score (nSPS) is 11.8. The number of hydrogen-bond acceptors (Lipinski definition) is 4. The van der Waals surface area contributed by atoms with Crippen molar-refractivity contribution < 1.29 is 18.9 Å². The summed E-state index contributed by atoms with van der Waals surface area (Å²) in [4.78, 5) is 0. The van der Waals surface area contributed by atoms with Gasteiger partial charge in [-0.3, -0.25) is 0 Å². The predicted molar refractivity (Wildman–Crippen MR) is 102 cm³/mol. The minimum atomic E-state index is -3.51. The first-order valence-corrected chi connectivity index (χ1v) is 22.4. The Hall–Kier alpha value is -0.201. The quantitative estimate of drug-likeness (QED) is 0.458. The molecule has 0 saturated heterocycles. The molecule has 24 heavy (non-hydrogen) atoms. The molecule has 0 unspecified atom stereocenters. The van der Waals surface area contributed by atoms with Gasteiger partial charge in [0.25, 0.3) is 0 Å². The Labute approximate surface area is 159 Å². The van der Waals surface area contributed by atoms with Crippen LogP contribution in [0.4, 0.5) is 0 Å². The van der Waals surface area contributed by atoms with Crippen molar-refractivity contribution >= 4 is 54.3 Å². The van der Waals surface area contributed by atoms with E-state index in [9.17, 15) is 0 Å². The molecule has 0 atom stereocenters. The maximum absolute atomic E-state index is 6.96. The van der Waals surface area contributed by atoms with Crippen LogP contribution in [-0.2, 0) is 0 Å². The van der Waals surface area contributed by atoms with Crippen LogP contribution >= 0.6 is 17.9 Å². The molecule has 0 spiro atoms. The summed E-state index contributed by atoms with van der Waals surface area (Å²) in [5.74, 6) is 2.84. The van der Waals surface area contributed by atoms with E-state index >= 15 is 0 Å². The SMILES string of the molecule is COc1cccc(OC)c1[Te][Te](Cl)(Cl)c1c(OC)cccc1OC. The van der Waals surface area contributed by atoms with E-state index in [4.69, 9.17) is 36.9 Å². The van der Waals surface area contributed by atoms with E-state index in [-0.39, 0.29) is 0 Å². The predicted octanol–water partition coefficient (Wildman–Crippen LogP) is 2.37. The van der Waals surface area contributed by atoms with Gasteiger partial charge in [-0.15, -0.1) is 0 Å². The zero-order valence-electron chi connectivity index (χ0n) is 13.7. The summed E-state index contributed by atoms with van der Waals surface area (Å²) in [5, 5.41) is 0. The molecule has 0 N–H and O–H groups in total. The summed E-state index contributed by atoms with van der Waals surface area (Å²) >= 11 is -4.52. The third kappa shape index (κ3) is 4.31. The van der Waals surface area contributed by atoms with Gasteiger partial charge in [0, 0.05) is 0 Å². The molecule has 0 aliphatic rings. The van der Waals surface area contributed by atoms with Crippen LogP contribution in [0.2, 0.25) is 0 Å². The fourth-order valence-corrected chi connectivity index (χ4v) is 26.1. The van der Waals surface area contributed by atoms with Crippen LogP contribution in [0.15, 0.2) is 36.4 Å². The molecule has 0 bridgehead atoms. The Morgan fingerprint density at radius 1 is 0.708 bits per heavy atom. The van der Waals surface area contributed by atoms with Crippen molar-refractivity contribution in [2.45, 2.75) is 0 Å². The number of ether oxygens (including phenoxy) is 4. The average molecular weight is 600 g/mol. The summed E-state index contributed by atoms with van der Waals surface area (Å²) in [6.45, 7) is 0. The van der Waals surface area contributed by atoms with E-state index < -0.39 is 29.1 Å². The molecule has 0 amide bonds. The second kappa shape index (κ2) is 8.95. The number of methoxy groups -OCH3 is 4. The molecule has 0 aromatic heterocycles. The third-order valence-corrected chi connectivity index (χ3v) is 26.0. The Morgan fingerprint density at radius 3 is 1.46 bits per heavy atom. The topological polar surface area (TPSA) is 36.9 Å². The van der Waals surface area contributed by atoms with E-state index in [0.29, 0.717) is 11.5 Å². The number of benzene rings is 2. The van der Waals surface area contributed by atoms with E-state index in [1.54, 1.807) is 28.4 Å². The number of hydrogen-bond donors (Lipinski definition) is 0. The van der Waals surface area contributed by atoms with Gasteiger partial charge < -0.3 is 0 Å². The minimum absolute atomic E-state index is 0.666. The van der Waals surface area contributed by atoms with Crippen LogP contribution in [0, 0.1) is 0 Å². The Balaban J connectivity index is 2.54. The molecular weight excluding hydrogens is 582 g/mol. The standard InChI is InChI=1S/C16H18Cl2O4Te2/c1-19-11-7-5-8-12(20-2)15(11)23-24(17,18)16-13(21-3)9-6-10-14(16)22-4/h5-10H,1-4H3. The summed E-state index contributed by atoms with van der Waals surface area (Å²) in [7, 11) is 20.4. The van der Waals surface area contributed by atoms with Crippen molar-refractivity contribution in [1.29, 1.82) is 0 Å². The molecule has 2 aromatic rings. The summed E-state index contributed by atoms with van der Waals surface area (Å²) < 4.78 is 23.7. The van der Waals surface area contributed by atoms with Crippen LogP contribution < -0.4 is 26.2 Å². The van der Waals surface area contributed by atoms with Crippen LogP contribution in [0.3, 0.4) is 0 Å². The van der Waals surface area contributed by atoms with E-state index in [1.807, 2.05) is 36.4 Å². The molecule has 2 aromatic carbocycles. The first-order valence-electron chi connectivity index (χ1n) is 6.82. The van der Waals surface area contributed by atoms with Gasteiger partial charge in [-0.25, -0.2) is 0 Å². The monoisotopic (exact) mass is 604 g/mol. The molecular formula is C16H18Cl2O4Te2. The third-order valence-electron chi connectivity index (χ3n) is 3.19. The molecule has 0 radical (unpaired) electrons. The van der Waals surface area contributed by atoms with Gasteiger partial charge in [-0.2, -0.15) is 0 Å². The molecule has 8 heteroatoms. The maximum atomic E-state index is 6.96. The molecule has 2 rings (SSSR count). The van der Waals surface area contributed by atoms with Crippen molar-refractivity contribution in [2.75, 3.05) is 28.4 Å². The van der Waals surface area contributed by atoms with Crippen LogP contribution in [0.25, 0.3) is 0 Å². The Morgan fingerprint density at radius 2 is 1.08 bits per heavy atom. The van der Waals surface area contributed by atoms with E-state index in [0.717, 1.165) is 18.7 Å². The summed E-state index contributed by atoms with van der Waals surface area (Å²) in [6.07, 6.45) is 0. The van der Waals surface area contributed by atoms with Crippen molar-refractivity contribution in [2.24, 2.45) is 0 Å². The molecule has 0 aliphatic heterocycles. The average Bonchev–Trinajstić information content (AvgIpc) is 2.60. The van der Waals surface area contributed by atoms with Crippen molar-refractivity contribution in [1.82, 2.24) is 0 Å². The van der Waals surface area contributed by atoms with Gasteiger partial charge in [-0.05, 0) is 0 Å². The van der Waals surface area contributed by atoms with Gasteiger partial charge in [-0.1, -0.05) is 0 Å². The van der Waals surface area contributed by atoms with E-state index in [1.165, 1.54) is 0 Å². The molecule has 0 aliphatic carbocycles. The molecule has 0 heterocycles. The van der Waals surface area contributed by atoms with Crippen molar-refractivity contribution in [3.63, 3.8) is 0 Å². The van der Waals surface area contributed by atoms with Gasteiger partial charge in [0.05, 0.1) is 0 Å². The van der Waals surface area contributed by atoms with Crippen LogP contribution in [0.5, 0.6) is 23.0 Å². The van der Waals surface area contributed by atoms with Gasteiger partial charge in [0.15, 0.2) is 0 Å². The number of halogens is 2. The summed E-state index contributed by atoms with van der Waals surface area (Å²) in [6, 6.07) is 11.3. The molecule has 132 valence electrons. The fourth-order valence-electron chi connectivity index (χ4n) is 2.10. The first kappa shape index (κ1) is 20.1. The van der Waals surface area contributed by atoms with Gasteiger partial charge in [0.2, 0.25) is 0 Å². The van der Waals surface area contributed by atoms with Crippen LogP contribution in [0.1, 0.15) is 0 Å². The fraction of sp³-hybridized carbons (Fsp3) is 0.250. The molecule has 4 nitrogen and oxygen atoms in total. The zero-order valence-corrected chi connectivity index (χ0v) is 19.8. The van der Waals surface area contributed by atoms with Crippen molar-refractivity contribution in [3.8, 4) is 23.0 Å². The van der Waals surface area contributed by atoms with Crippen LogP contribution in [-0.4, -0.2) is 57.6 Å². The van der Waals surface area contributed by atoms with E-state index in [2.05, 4.69) is 0 Å². The van der Waals surface area contributed by atoms with Crippen molar-refractivity contribution in [3.05, 3.63) is 36.4 Å². The second-order valence-corrected chi connectivity index (χ2v) is 37.4. The second-order valence-electron chi connectivity index (χ2n) is 4.49. The molecule has 0 fully saturated rings. The zero-order chi connectivity index (χ0) is 17.7. The summed E-state index contributed by atoms with van der Waals surface area (Å²) in [5.41, 5.74) is 0. The molecule has 0 saturated carbocycles. The Bertz CT molecular complexity index is 666. The number of rotatable bonds is 7. The first-order chi connectivity index (χ1) is 11.5.